The molecular weight excluding hydrogens is 206 g/mol. The van der Waals surface area contributed by atoms with Crippen molar-refractivity contribution in [2.24, 2.45) is 5.41 Å². The highest BCUT2D eigenvalue weighted by atomic mass is 14.3. The minimum absolute atomic E-state index is 0.529. The van der Waals surface area contributed by atoms with Crippen molar-refractivity contribution in [1.29, 1.82) is 5.26 Å². The van der Waals surface area contributed by atoms with Crippen LogP contribution in [0.2, 0.25) is 0 Å². The molecule has 0 radical (unpaired) electrons. The number of nitrogens with zero attached hydrogens (tertiary/aromatic N) is 1. The van der Waals surface area contributed by atoms with Gasteiger partial charge in [-0.05, 0) is 48.1 Å². The van der Waals surface area contributed by atoms with Crippen LogP contribution in [0.5, 0.6) is 0 Å². The zero-order chi connectivity index (χ0) is 12.3. The van der Waals surface area contributed by atoms with E-state index >= 15 is 0 Å². The molecule has 1 aromatic carbocycles. The van der Waals surface area contributed by atoms with E-state index in [4.69, 9.17) is 5.26 Å². The topological polar surface area (TPSA) is 23.8 Å². The van der Waals surface area contributed by atoms with Gasteiger partial charge in [0, 0.05) is 0 Å². The Morgan fingerprint density at radius 3 is 2.65 bits per heavy atom. The molecular formula is C16H21N. The van der Waals surface area contributed by atoms with Gasteiger partial charge in [0.1, 0.15) is 0 Å². The van der Waals surface area contributed by atoms with Crippen LogP contribution in [-0.4, -0.2) is 0 Å². The van der Waals surface area contributed by atoms with Gasteiger partial charge >= 0.3 is 0 Å². The van der Waals surface area contributed by atoms with Crippen LogP contribution in [-0.2, 0) is 6.42 Å². The Labute approximate surface area is 104 Å². The Kier molecular flexibility index (Phi) is 3.52. The molecule has 0 N–H and O–H groups in total. The molecule has 1 nitrogen and oxygen atoms in total. The van der Waals surface area contributed by atoms with E-state index < -0.39 is 0 Å². The predicted octanol–water partition coefficient (Wildman–Crippen LogP) is 4.44. The first-order chi connectivity index (χ1) is 8.11. The fraction of sp³-hybridized carbons (Fsp3) is 0.562. The summed E-state index contributed by atoms with van der Waals surface area (Å²) in [5.41, 5.74) is 3.13. The van der Waals surface area contributed by atoms with Crippen LogP contribution >= 0.6 is 0 Å². The van der Waals surface area contributed by atoms with E-state index in [0.29, 0.717) is 17.8 Å². The molecule has 1 aliphatic carbocycles. The van der Waals surface area contributed by atoms with Crippen molar-refractivity contribution in [3.63, 3.8) is 0 Å². The summed E-state index contributed by atoms with van der Waals surface area (Å²) >= 11 is 0. The van der Waals surface area contributed by atoms with E-state index in [0.717, 1.165) is 5.56 Å². The molecule has 0 spiro atoms. The Morgan fingerprint density at radius 1 is 1.29 bits per heavy atom. The molecule has 0 atom stereocenters. The summed E-state index contributed by atoms with van der Waals surface area (Å²) in [4.78, 5) is 0. The van der Waals surface area contributed by atoms with Gasteiger partial charge in [0.15, 0.2) is 0 Å². The maximum Gasteiger partial charge on any atom is 0.0669 e. The van der Waals surface area contributed by atoms with Crippen LogP contribution < -0.4 is 0 Å². The van der Waals surface area contributed by atoms with Crippen LogP contribution in [0.4, 0.5) is 0 Å². The normalized spacial score (nSPS) is 19.8. The first-order valence-corrected chi connectivity index (χ1v) is 6.56. The zero-order valence-corrected chi connectivity index (χ0v) is 10.9. The summed E-state index contributed by atoms with van der Waals surface area (Å²) in [6.45, 7) is 4.74. The van der Waals surface area contributed by atoms with Gasteiger partial charge in [-0.3, -0.25) is 0 Å². The van der Waals surface area contributed by atoms with E-state index in [1.165, 1.54) is 31.2 Å². The van der Waals surface area contributed by atoms with Crippen molar-refractivity contribution in [2.75, 3.05) is 0 Å². The Hall–Kier alpha value is -1.29. The lowest BCUT2D eigenvalue weighted by molar-refractivity contribution is 0.224. The van der Waals surface area contributed by atoms with Crippen LogP contribution in [0.3, 0.4) is 0 Å². The van der Waals surface area contributed by atoms with Crippen LogP contribution in [0.25, 0.3) is 0 Å². The average molecular weight is 227 g/mol. The molecule has 0 aliphatic heterocycles. The molecule has 0 heterocycles. The summed E-state index contributed by atoms with van der Waals surface area (Å²) in [7, 11) is 0. The minimum atomic E-state index is 0.529. The molecule has 90 valence electrons. The molecule has 1 aliphatic rings. The molecule has 0 aromatic heterocycles. The molecule has 17 heavy (non-hydrogen) atoms. The molecule has 1 aromatic rings. The Balaban J connectivity index is 2.08. The van der Waals surface area contributed by atoms with E-state index in [-0.39, 0.29) is 0 Å². The van der Waals surface area contributed by atoms with Gasteiger partial charge in [-0.1, -0.05) is 38.1 Å². The van der Waals surface area contributed by atoms with Gasteiger partial charge in [0.2, 0.25) is 0 Å². The smallest absolute Gasteiger partial charge is 0.0669 e. The molecule has 1 saturated carbocycles. The first-order valence-electron chi connectivity index (χ1n) is 6.56. The Bertz CT molecular complexity index is 415. The molecule has 1 heteroatoms. The third-order valence-electron chi connectivity index (χ3n) is 4.04. The van der Waals surface area contributed by atoms with Crippen molar-refractivity contribution >= 4 is 0 Å². The Morgan fingerprint density at radius 2 is 2.00 bits per heavy atom. The highest BCUT2D eigenvalue weighted by Crippen LogP contribution is 2.42. The van der Waals surface area contributed by atoms with E-state index in [2.05, 4.69) is 44.2 Å². The lowest BCUT2D eigenvalue weighted by Crippen LogP contribution is -2.20. The predicted molar refractivity (Wildman–Crippen MR) is 70.7 cm³/mol. The fourth-order valence-electron chi connectivity index (χ4n) is 2.78. The quantitative estimate of drug-likeness (QED) is 0.733. The van der Waals surface area contributed by atoms with E-state index in [1.807, 2.05) is 0 Å². The maximum atomic E-state index is 8.74. The molecule has 0 unspecified atom stereocenters. The standard InChI is InChI=1S/C16H21N/c1-16(2)9-6-14(7-10-16)15-5-3-4-13(12-15)8-11-17/h3-5,12,14H,6-10H2,1-2H3. The first kappa shape index (κ1) is 12.2. The van der Waals surface area contributed by atoms with Gasteiger partial charge in [-0.15, -0.1) is 0 Å². The number of hydrogen-bond donors (Lipinski definition) is 0. The molecule has 1 fully saturated rings. The van der Waals surface area contributed by atoms with Crippen LogP contribution in [0.15, 0.2) is 24.3 Å². The van der Waals surface area contributed by atoms with E-state index in [1.54, 1.807) is 0 Å². The molecule has 0 bridgehead atoms. The summed E-state index contributed by atoms with van der Waals surface area (Å²) in [5.74, 6) is 0.710. The lowest BCUT2D eigenvalue weighted by Gasteiger charge is -2.34. The average Bonchev–Trinajstić information content (AvgIpc) is 2.30. The zero-order valence-electron chi connectivity index (χ0n) is 10.9. The van der Waals surface area contributed by atoms with Crippen molar-refractivity contribution in [3.05, 3.63) is 35.4 Å². The SMILES string of the molecule is CC1(C)CCC(c2cccc(CC#N)c2)CC1. The van der Waals surface area contributed by atoms with Crippen molar-refractivity contribution in [1.82, 2.24) is 0 Å². The van der Waals surface area contributed by atoms with Gasteiger partial charge in [0.25, 0.3) is 0 Å². The monoisotopic (exact) mass is 227 g/mol. The van der Waals surface area contributed by atoms with Gasteiger partial charge in [-0.2, -0.15) is 5.26 Å². The van der Waals surface area contributed by atoms with Gasteiger partial charge in [0.05, 0.1) is 12.5 Å². The second kappa shape index (κ2) is 4.92. The number of rotatable bonds is 2. The van der Waals surface area contributed by atoms with Crippen LogP contribution in [0, 0.1) is 16.7 Å². The minimum Gasteiger partial charge on any atom is -0.198 e. The molecule has 2 rings (SSSR count). The lowest BCUT2D eigenvalue weighted by atomic mass is 9.71. The highest BCUT2D eigenvalue weighted by molar-refractivity contribution is 5.28. The molecule has 0 amide bonds. The second-order valence-electron chi connectivity index (χ2n) is 6.02. The van der Waals surface area contributed by atoms with Crippen molar-refractivity contribution in [3.8, 4) is 6.07 Å². The number of benzene rings is 1. The van der Waals surface area contributed by atoms with Gasteiger partial charge < -0.3 is 0 Å². The number of hydrogen-bond acceptors (Lipinski definition) is 1. The summed E-state index contributed by atoms with van der Waals surface area (Å²) in [6.07, 6.45) is 5.76. The molecule has 0 saturated heterocycles. The van der Waals surface area contributed by atoms with Gasteiger partial charge in [-0.25, -0.2) is 0 Å². The largest absolute Gasteiger partial charge is 0.198 e. The second-order valence-corrected chi connectivity index (χ2v) is 6.02. The van der Waals surface area contributed by atoms with Crippen LogP contribution in [0.1, 0.15) is 56.6 Å². The van der Waals surface area contributed by atoms with Crippen molar-refractivity contribution in [2.45, 2.75) is 51.9 Å². The number of nitriles is 1. The summed E-state index contributed by atoms with van der Waals surface area (Å²) < 4.78 is 0. The van der Waals surface area contributed by atoms with Crippen molar-refractivity contribution < 1.29 is 0 Å². The maximum absolute atomic E-state index is 8.74. The highest BCUT2D eigenvalue weighted by Gasteiger charge is 2.27. The van der Waals surface area contributed by atoms with E-state index in [9.17, 15) is 0 Å². The fourth-order valence-corrected chi connectivity index (χ4v) is 2.78. The third kappa shape index (κ3) is 3.09. The summed E-state index contributed by atoms with van der Waals surface area (Å²) in [6, 6.07) is 10.8. The summed E-state index contributed by atoms with van der Waals surface area (Å²) in [5, 5.41) is 8.74. The third-order valence-corrected chi connectivity index (χ3v) is 4.04.